The summed E-state index contributed by atoms with van der Waals surface area (Å²) in [5, 5.41) is 30.1. The smallest absolute Gasteiger partial charge is 0.304 e. The topological polar surface area (TPSA) is 129 Å². The zero-order valence-corrected chi connectivity index (χ0v) is 20.7. The van der Waals surface area contributed by atoms with Crippen molar-refractivity contribution in [1.29, 1.82) is 0 Å². The number of ketones is 3. The Kier molecular flexibility index (Phi) is 5.60. The zero-order valence-electron chi connectivity index (χ0n) is 20.0. The number of carbonyl (C=O) groups excluding carboxylic acids is 3. The Balaban J connectivity index is 1.92. The van der Waals surface area contributed by atoms with Crippen LogP contribution in [0, 0.1) is 34.0 Å². The number of hydrogen-bond donors (Lipinski definition) is 3. The molecule has 0 aromatic carbocycles. The van der Waals surface area contributed by atoms with E-state index in [0.29, 0.717) is 0 Å². The van der Waals surface area contributed by atoms with Crippen molar-refractivity contribution < 1.29 is 43.3 Å². The molecular formula is C25H29ClF2O7. The van der Waals surface area contributed by atoms with Crippen LogP contribution in [0.15, 0.2) is 22.1 Å². The van der Waals surface area contributed by atoms with Gasteiger partial charge in [0, 0.05) is 18.4 Å². The summed E-state index contributed by atoms with van der Waals surface area (Å²) in [5.74, 6) is -8.59. The molecular weight excluding hydrogens is 486 g/mol. The third-order valence-corrected chi connectivity index (χ3v) is 10.4. The molecule has 4 aliphatic carbocycles. The van der Waals surface area contributed by atoms with Gasteiger partial charge in [-0.05, 0) is 49.9 Å². The second-order valence-corrected chi connectivity index (χ2v) is 11.5. The molecule has 3 saturated carbocycles. The minimum absolute atomic E-state index is 0.0270. The lowest BCUT2D eigenvalue weighted by molar-refractivity contribution is -0.177. The van der Waals surface area contributed by atoms with Gasteiger partial charge in [-0.2, -0.15) is 0 Å². The average Bonchev–Trinajstić information content (AvgIpc) is 2.99. The summed E-state index contributed by atoms with van der Waals surface area (Å²) in [7, 11) is 0. The third-order valence-electron chi connectivity index (χ3n) is 10.0. The number of alkyl halides is 2. The standard InChI is InChI=1S/C25H29ClF2O7/c1-10-7-12-13-8-14(27)16-17(26)18(32)19(33)21(35)23(16,4)25(13,28)6-5-22(12,3)24(10,9-15(30)31)20(34)11(2)29/h10,12-14,33,35H,5-9H2,1-4H3,(H,30,31)/t10-,12+,13+,14+,22+,23-,24-,25-/m1/s1. The van der Waals surface area contributed by atoms with Crippen LogP contribution in [0.5, 0.6) is 0 Å². The van der Waals surface area contributed by atoms with Crippen molar-refractivity contribution in [3.63, 3.8) is 0 Å². The molecule has 0 bridgehead atoms. The van der Waals surface area contributed by atoms with Gasteiger partial charge in [-0.15, -0.1) is 0 Å². The van der Waals surface area contributed by atoms with Gasteiger partial charge >= 0.3 is 5.97 Å². The molecule has 192 valence electrons. The van der Waals surface area contributed by atoms with Crippen LogP contribution in [-0.2, 0) is 19.2 Å². The molecule has 0 radical (unpaired) electrons. The van der Waals surface area contributed by atoms with Crippen LogP contribution < -0.4 is 0 Å². The van der Waals surface area contributed by atoms with Gasteiger partial charge in [0.1, 0.15) is 11.8 Å². The number of allylic oxidation sites excluding steroid dienone is 2. The van der Waals surface area contributed by atoms with Gasteiger partial charge in [0.25, 0.3) is 0 Å². The van der Waals surface area contributed by atoms with Crippen molar-refractivity contribution in [2.45, 2.75) is 71.6 Å². The van der Waals surface area contributed by atoms with E-state index in [2.05, 4.69) is 0 Å². The lowest BCUT2D eigenvalue weighted by Crippen LogP contribution is -2.65. The van der Waals surface area contributed by atoms with Crippen LogP contribution in [-0.4, -0.2) is 50.5 Å². The molecule has 0 heterocycles. The first-order valence-electron chi connectivity index (χ1n) is 11.7. The fourth-order valence-corrected chi connectivity index (χ4v) is 8.69. The van der Waals surface area contributed by atoms with E-state index < -0.39 is 104 Å². The quantitative estimate of drug-likeness (QED) is 0.470. The molecule has 8 atom stereocenters. The molecule has 0 amide bonds. The van der Waals surface area contributed by atoms with Crippen LogP contribution in [0.2, 0.25) is 0 Å². The molecule has 0 aliphatic heterocycles. The molecule has 3 fully saturated rings. The number of fused-ring (bicyclic) bond motifs is 5. The first-order chi connectivity index (χ1) is 16.0. The molecule has 10 heteroatoms. The summed E-state index contributed by atoms with van der Waals surface area (Å²) >= 11 is 6.09. The van der Waals surface area contributed by atoms with Crippen molar-refractivity contribution in [2.75, 3.05) is 0 Å². The number of Topliss-reactive ketones (excluding diaryl/α,β-unsaturated/α-hetero) is 3. The maximum Gasteiger partial charge on any atom is 0.304 e. The SMILES string of the molecule is CC(=O)C(=O)[C@@]1(CC(=O)O)[C@H](C)C[C@H]2[C@@H]3C[C@H](F)C4=C(Cl)C(=O)C(O)=C(O)[C@]4(C)[C@@]3(F)CC[C@@]21C. The highest BCUT2D eigenvalue weighted by Gasteiger charge is 2.76. The number of carboxylic acid groups (broad SMARTS) is 1. The largest absolute Gasteiger partial charge is 0.507 e. The van der Waals surface area contributed by atoms with Crippen LogP contribution in [0.25, 0.3) is 0 Å². The number of carbonyl (C=O) groups is 4. The highest BCUT2D eigenvalue weighted by Crippen LogP contribution is 2.75. The fraction of sp³-hybridized carbons (Fsp3) is 0.680. The summed E-state index contributed by atoms with van der Waals surface area (Å²) in [6, 6.07) is 0. The molecule has 0 aromatic heterocycles. The van der Waals surface area contributed by atoms with Crippen molar-refractivity contribution in [3.8, 4) is 0 Å². The number of rotatable bonds is 4. The van der Waals surface area contributed by atoms with Gasteiger partial charge in [-0.1, -0.05) is 25.4 Å². The molecule has 0 saturated heterocycles. The minimum atomic E-state index is -2.35. The maximum atomic E-state index is 17.3. The number of halogens is 3. The van der Waals surface area contributed by atoms with E-state index in [-0.39, 0.29) is 19.3 Å². The summed E-state index contributed by atoms with van der Waals surface area (Å²) in [6.45, 7) is 5.64. The number of hydrogen-bond acceptors (Lipinski definition) is 6. The summed E-state index contributed by atoms with van der Waals surface area (Å²) in [6.07, 6.45) is -3.11. The van der Waals surface area contributed by atoms with Crippen LogP contribution in [0.4, 0.5) is 8.78 Å². The Morgan fingerprint density at radius 3 is 2.26 bits per heavy atom. The Bertz CT molecular complexity index is 1130. The zero-order chi connectivity index (χ0) is 26.5. The lowest BCUT2D eigenvalue weighted by atomic mass is 9.43. The normalized spacial score (nSPS) is 45.1. The Morgan fingerprint density at radius 1 is 1.11 bits per heavy atom. The van der Waals surface area contributed by atoms with E-state index >= 15 is 8.78 Å². The van der Waals surface area contributed by atoms with Crippen molar-refractivity contribution in [1.82, 2.24) is 0 Å². The molecule has 0 unspecified atom stereocenters. The van der Waals surface area contributed by atoms with E-state index in [0.717, 1.165) is 6.92 Å². The van der Waals surface area contributed by atoms with Crippen molar-refractivity contribution in [2.24, 2.45) is 34.0 Å². The van der Waals surface area contributed by atoms with E-state index in [4.69, 9.17) is 11.6 Å². The van der Waals surface area contributed by atoms with Gasteiger partial charge < -0.3 is 15.3 Å². The molecule has 0 aromatic rings. The van der Waals surface area contributed by atoms with Gasteiger partial charge in [0.15, 0.2) is 11.5 Å². The highest BCUT2D eigenvalue weighted by molar-refractivity contribution is 6.45. The fourth-order valence-electron chi connectivity index (χ4n) is 8.29. The predicted octanol–water partition coefficient (Wildman–Crippen LogP) is 4.54. The van der Waals surface area contributed by atoms with Gasteiger partial charge in [-0.25, -0.2) is 8.78 Å². The van der Waals surface area contributed by atoms with E-state index in [1.807, 2.05) is 0 Å². The van der Waals surface area contributed by atoms with Crippen LogP contribution in [0.3, 0.4) is 0 Å². The minimum Gasteiger partial charge on any atom is -0.507 e. The Morgan fingerprint density at radius 2 is 1.71 bits per heavy atom. The molecule has 3 N–H and O–H groups in total. The molecule has 4 aliphatic rings. The Labute approximate surface area is 206 Å². The number of aliphatic hydroxyl groups excluding tert-OH is 2. The monoisotopic (exact) mass is 514 g/mol. The first kappa shape index (κ1) is 25.8. The van der Waals surface area contributed by atoms with E-state index in [9.17, 15) is 34.5 Å². The van der Waals surface area contributed by atoms with Gasteiger partial charge in [0.2, 0.25) is 17.3 Å². The van der Waals surface area contributed by atoms with E-state index in [1.54, 1.807) is 13.8 Å². The average molecular weight is 515 g/mol. The second kappa shape index (κ2) is 7.60. The third kappa shape index (κ3) is 2.82. The highest BCUT2D eigenvalue weighted by atomic mass is 35.5. The molecule has 0 spiro atoms. The summed E-state index contributed by atoms with van der Waals surface area (Å²) in [5.41, 5.74) is -7.63. The number of aliphatic hydroxyl groups is 2. The number of carboxylic acids is 1. The van der Waals surface area contributed by atoms with Crippen molar-refractivity contribution >= 4 is 34.9 Å². The maximum absolute atomic E-state index is 17.3. The van der Waals surface area contributed by atoms with Crippen molar-refractivity contribution in [3.05, 3.63) is 22.1 Å². The predicted molar refractivity (Wildman–Crippen MR) is 120 cm³/mol. The number of aliphatic carboxylic acids is 1. The molecule has 4 rings (SSSR count). The van der Waals surface area contributed by atoms with Crippen LogP contribution >= 0.6 is 11.6 Å². The van der Waals surface area contributed by atoms with Gasteiger partial charge in [-0.3, -0.25) is 19.2 Å². The van der Waals surface area contributed by atoms with E-state index in [1.165, 1.54) is 6.92 Å². The lowest BCUT2D eigenvalue weighted by Gasteiger charge is -2.62. The van der Waals surface area contributed by atoms with Gasteiger partial charge in [0.05, 0.1) is 22.3 Å². The summed E-state index contributed by atoms with van der Waals surface area (Å²) < 4.78 is 33.0. The first-order valence-corrected chi connectivity index (χ1v) is 12.1. The Hall–Kier alpha value is -2.29. The molecule has 7 nitrogen and oxygen atoms in total. The summed E-state index contributed by atoms with van der Waals surface area (Å²) in [4.78, 5) is 49.8. The molecule has 35 heavy (non-hydrogen) atoms. The van der Waals surface area contributed by atoms with Crippen LogP contribution in [0.1, 0.15) is 59.8 Å². The second-order valence-electron chi connectivity index (χ2n) is 11.1.